The molecule has 0 saturated carbocycles. The first-order chi connectivity index (χ1) is 9.56. The number of halogens is 1. The lowest BCUT2D eigenvalue weighted by atomic mass is 10.1. The number of nitrogens with one attached hydrogen (secondary N) is 1. The fraction of sp³-hybridized carbons (Fsp3) is 0.154. The highest BCUT2D eigenvalue weighted by Crippen LogP contribution is 2.16. The van der Waals surface area contributed by atoms with Gasteiger partial charge in [-0.1, -0.05) is 23.7 Å². The van der Waals surface area contributed by atoms with Gasteiger partial charge in [0.25, 0.3) is 0 Å². The first-order valence-electron chi connectivity index (χ1n) is 5.73. The molecule has 6 nitrogen and oxygen atoms in total. The van der Waals surface area contributed by atoms with Crippen molar-refractivity contribution in [2.24, 2.45) is 0 Å². The number of phenolic OH excluding ortho intramolecular Hbond substituents is 1. The maximum absolute atomic E-state index is 11.8. The molecule has 0 spiro atoms. The van der Waals surface area contributed by atoms with E-state index in [0.717, 1.165) is 0 Å². The Morgan fingerprint density at radius 2 is 2.20 bits per heavy atom. The minimum Gasteiger partial charge on any atom is -0.508 e. The van der Waals surface area contributed by atoms with Gasteiger partial charge in [-0.15, -0.1) is 0 Å². The Hall–Kier alpha value is -2.34. The Kier molecular flexibility index (Phi) is 4.37. The molecular weight excluding hydrogens is 282 g/mol. The Morgan fingerprint density at radius 3 is 2.90 bits per heavy atom. The SMILES string of the molecule is COc1cc(Cl)nc(NC(=O)Cc2cccc(O)c2)n1. The van der Waals surface area contributed by atoms with Gasteiger partial charge in [-0.3, -0.25) is 10.1 Å². The fourth-order valence-electron chi connectivity index (χ4n) is 1.58. The molecule has 0 fully saturated rings. The highest BCUT2D eigenvalue weighted by atomic mass is 35.5. The van der Waals surface area contributed by atoms with Crippen molar-refractivity contribution in [3.05, 3.63) is 41.0 Å². The van der Waals surface area contributed by atoms with Crippen LogP contribution in [0.2, 0.25) is 5.15 Å². The molecule has 0 aliphatic carbocycles. The zero-order chi connectivity index (χ0) is 14.5. The molecule has 0 radical (unpaired) electrons. The molecule has 0 unspecified atom stereocenters. The first-order valence-corrected chi connectivity index (χ1v) is 6.11. The van der Waals surface area contributed by atoms with Gasteiger partial charge >= 0.3 is 0 Å². The molecule has 2 N–H and O–H groups in total. The number of hydrogen-bond acceptors (Lipinski definition) is 5. The van der Waals surface area contributed by atoms with Crippen LogP contribution in [0.1, 0.15) is 5.56 Å². The van der Waals surface area contributed by atoms with Gasteiger partial charge in [0.05, 0.1) is 13.5 Å². The van der Waals surface area contributed by atoms with Crippen LogP contribution >= 0.6 is 11.6 Å². The van der Waals surface area contributed by atoms with E-state index in [2.05, 4.69) is 15.3 Å². The van der Waals surface area contributed by atoms with E-state index in [1.54, 1.807) is 12.1 Å². The van der Waals surface area contributed by atoms with Gasteiger partial charge in [0.15, 0.2) is 0 Å². The Labute approximate surface area is 120 Å². The summed E-state index contributed by atoms with van der Waals surface area (Å²) in [5.41, 5.74) is 0.677. The summed E-state index contributed by atoms with van der Waals surface area (Å²) in [5.74, 6) is 0.119. The van der Waals surface area contributed by atoms with E-state index in [0.29, 0.717) is 5.56 Å². The van der Waals surface area contributed by atoms with Crippen LogP contribution in [-0.2, 0) is 11.2 Å². The lowest BCUT2D eigenvalue weighted by Gasteiger charge is -2.06. The third-order valence-corrected chi connectivity index (χ3v) is 2.60. The highest BCUT2D eigenvalue weighted by Gasteiger charge is 2.09. The number of ether oxygens (including phenoxy) is 1. The molecule has 0 bridgehead atoms. The van der Waals surface area contributed by atoms with Crippen molar-refractivity contribution >= 4 is 23.5 Å². The number of benzene rings is 1. The van der Waals surface area contributed by atoms with Crippen LogP contribution < -0.4 is 10.1 Å². The monoisotopic (exact) mass is 293 g/mol. The second kappa shape index (κ2) is 6.21. The lowest BCUT2D eigenvalue weighted by molar-refractivity contribution is -0.115. The standard InChI is InChI=1S/C13H12ClN3O3/c1-20-12-7-10(14)15-13(17-12)16-11(19)6-8-3-2-4-9(18)5-8/h2-5,7,18H,6H2,1H3,(H,15,16,17,19). The van der Waals surface area contributed by atoms with Crippen molar-refractivity contribution < 1.29 is 14.6 Å². The molecular formula is C13H12ClN3O3. The summed E-state index contributed by atoms with van der Waals surface area (Å²) in [6.07, 6.45) is 0.0899. The molecule has 2 aromatic rings. The second-order valence-electron chi connectivity index (χ2n) is 3.95. The van der Waals surface area contributed by atoms with E-state index in [9.17, 15) is 9.90 Å². The molecule has 20 heavy (non-hydrogen) atoms. The predicted molar refractivity (Wildman–Crippen MR) is 74.0 cm³/mol. The Balaban J connectivity index is 2.06. The van der Waals surface area contributed by atoms with Gasteiger partial charge in [-0.05, 0) is 17.7 Å². The summed E-state index contributed by atoms with van der Waals surface area (Å²) in [6.45, 7) is 0. The van der Waals surface area contributed by atoms with Crippen molar-refractivity contribution in [2.75, 3.05) is 12.4 Å². The summed E-state index contributed by atoms with van der Waals surface area (Å²) >= 11 is 5.78. The van der Waals surface area contributed by atoms with Gasteiger partial charge < -0.3 is 9.84 Å². The highest BCUT2D eigenvalue weighted by molar-refractivity contribution is 6.29. The summed E-state index contributed by atoms with van der Waals surface area (Å²) in [5, 5.41) is 12.0. The number of hydrogen-bond donors (Lipinski definition) is 2. The number of carbonyl (C=O) groups excluding carboxylic acids is 1. The maximum atomic E-state index is 11.8. The summed E-state index contributed by atoms with van der Waals surface area (Å²) < 4.78 is 4.93. The molecule has 1 aromatic heterocycles. The van der Waals surface area contributed by atoms with Crippen LogP contribution in [0.15, 0.2) is 30.3 Å². The summed E-state index contributed by atoms with van der Waals surface area (Å²) in [6, 6.07) is 7.88. The number of carbonyl (C=O) groups is 1. The number of amides is 1. The third-order valence-electron chi connectivity index (χ3n) is 2.41. The number of aromatic nitrogens is 2. The minimum atomic E-state index is -0.320. The smallest absolute Gasteiger partial charge is 0.234 e. The topological polar surface area (TPSA) is 84.3 Å². The number of nitrogens with zero attached hydrogens (tertiary/aromatic N) is 2. The third kappa shape index (κ3) is 3.83. The summed E-state index contributed by atoms with van der Waals surface area (Å²) in [4.78, 5) is 19.7. The van der Waals surface area contributed by atoms with E-state index in [1.165, 1.54) is 25.3 Å². The quantitative estimate of drug-likeness (QED) is 0.843. The van der Waals surface area contributed by atoms with Crippen molar-refractivity contribution in [1.82, 2.24) is 9.97 Å². The second-order valence-corrected chi connectivity index (χ2v) is 4.34. The number of methoxy groups -OCH3 is 1. The molecule has 7 heteroatoms. The Morgan fingerprint density at radius 1 is 1.40 bits per heavy atom. The maximum Gasteiger partial charge on any atom is 0.234 e. The van der Waals surface area contributed by atoms with Crippen molar-refractivity contribution in [1.29, 1.82) is 0 Å². The van der Waals surface area contributed by atoms with E-state index >= 15 is 0 Å². The fourth-order valence-corrected chi connectivity index (χ4v) is 1.75. The minimum absolute atomic E-state index is 0.0690. The van der Waals surface area contributed by atoms with Crippen LogP contribution in [0.4, 0.5) is 5.95 Å². The van der Waals surface area contributed by atoms with Crippen LogP contribution in [0, 0.1) is 0 Å². The average molecular weight is 294 g/mol. The van der Waals surface area contributed by atoms with Gasteiger partial charge in [-0.2, -0.15) is 4.98 Å². The first kappa shape index (κ1) is 14.1. The number of rotatable bonds is 4. The van der Waals surface area contributed by atoms with E-state index in [4.69, 9.17) is 16.3 Å². The molecule has 1 amide bonds. The Bertz CT molecular complexity index is 634. The van der Waals surface area contributed by atoms with Crippen molar-refractivity contribution in [2.45, 2.75) is 6.42 Å². The molecule has 2 rings (SSSR count). The van der Waals surface area contributed by atoms with Gasteiger partial charge in [0.2, 0.25) is 17.7 Å². The zero-order valence-corrected chi connectivity index (χ0v) is 11.4. The van der Waals surface area contributed by atoms with Crippen LogP contribution in [0.25, 0.3) is 0 Å². The van der Waals surface area contributed by atoms with E-state index < -0.39 is 0 Å². The van der Waals surface area contributed by atoms with Crippen LogP contribution in [0.5, 0.6) is 11.6 Å². The van der Waals surface area contributed by atoms with Crippen LogP contribution in [0.3, 0.4) is 0 Å². The average Bonchev–Trinajstić information content (AvgIpc) is 2.37. The predicted octanol–water partition coefficient (Wildman–Crippen LogP) is 2.03. The normalized spacial score (nSPS) is 10.1. The van der Waals surface area contributed by atoms with Crippen molar-refractivity contribution in [3.8, 4) is 11.6 Å². The largest absolute Gasteiger partial charge is 0.508 e. The number of phenols is 1. The van der Waals surface area contributed by atoms with Crippen LogP contribution in [-0.4, -0.2) is 28.1 Å². The lowest BCUT2D eigenvalue weighted by Crippen LogP contribution is -2.16. The molecule has 1 heterocycles. The van der Waals surface area contributed by atoms with E-state index in [-0.39, 0.29) is 35.1 Å². The molecule has 104 valence electrons. The molecule has 0 aliphatic rings. The van der Waals surface area contributed by atoms with E-state index in [1.807, 2.05) is 0 Å². The van der Waals surface area contributed by atoms with Gasteiger partial charge in [0, 0.05) is 6.07 Å². The molecule has 0 saturated heterocycles. The van der Waals surface area contributed by atoms with Gasteiger partial charge in [-0.25, -0.2) is 4.98 Å². The molecule has 1 aromatic carbocycles. The van der Waals surface area contributed by atoms with Crippen molar-refractivity contribution in [3.63, 3.8) is 0 Å². The molecule has 0 atom stereocenters. The number of anilines is 1. The number of aromatic hydroxyl groups is 1. The zero-order valence-electron chi connectivity index (χ0n) is 10.6. The van der Waals surface area contributed by atoms with Gasteiger partial charge in [0.1, 0.15) is 10.9 Å². The molecule has 0 aliphatic heterocycles. The summed E-state index contributed by atoms with van der Waals surface area (Å²) in [7, 11) is 1.44.